The van der Waals surface area contributed by atoms with Gasteiger partial charge in [0.05, 0.1) is 6.04 Å². The van der Waals surface area contributed by atoms with Gasteiger partial charge in [-0.2, -0.15) is 0 Å². The Morgan fingerprint density at radius 1 is 1.29 bits per heavy atom. The van der Waals surface area contributed by atoms with Crippen LogP contribution in [-0.4, -0.2) is 5.91 Å². The summed E-state index contributed by atoms with van der Waals surface area (Å²) in [6, 6.07) is 8.63. The van der Waals surface area contributed by atoms with E-state index in [9.17, 15) is 4.79 Å². The molecule has 1 atom stereocenters. The van der Waals surface area contributed by atoms with E-state index in [1.807, 2.05) is 0 Å². The van der Waals surface area contributed by atoms with Crippen molar-refractivity contribution in [3.63, 3.8) is 0 Å². The van der Waals surface area contributed by atoms with Gasteiger partial charge in [-0.3, -0.25) is 4.79 Å². The molecule has 2 nitrogen and oxygen atoms in total. The van der Waals surface area contributed by atoms with Crippen LogP contribution in [-0.2, 0) is 4.79 Å². The van der Waals surface area contributed by atoms with Gasteiger partial charge in [0.25, 0.3) is 0 Å². The number of amides is 1. The number of carbonyl (C=O) groups is 1. The predicted octanol–water partition coefficient (Wildman–Crippen LogP) is 2.34. The highest BCUT2D eigenvalue weighted by Gasteiger charge is 2.18. The molecule has 1 unspecified atom stereocenters. The molecule has 0 bridgehead atoms. The SMILES string of the molecule is Cc1ccc(C2CCCC(=O)N2)cc1. The monoisotopic (exact) mass is 189 g/mol. The van der Waals surface area contributed by atoms with Gasteiger partial charge in [0, 0.05) is 6.42 Å². The van der Waals surface area contributed by atoms with Crippen LogP contribution in [0, 0.1) is 6.92 Å². The second-order valence-electron chi connectivity index (χ2n) is 3.92. The van der Waals surface area contributed by atoms with Crippen molar-refractivity contribution >= 4 is 5.91 Å². The largest absolute Gasteiger partial charge is 0.349 e. The van der Waals surface area contributed by atoms with Gasteiger partial charge < -0.3 is 5.32 Å². The van der Waals surface area contributed by atoms with Crippen molar-refractivity contribution < 1.29 is 4.79 Å². The van der Waals surface area contributed by atoms with Crippen molar-refractivity contribution in [3.05, 3.63) is 35.4 Å². The smallest absolute Gasteiger partial charge is 0.220 e. The van der Waals surface area contributed by atoms with E-state index in [-0.39, 0.29) is 11.9 Å². The molecule has 1 amide bonds. The third kappa shape index (κ3) is 1.95. The fourth-order valence-corrected chi connectivity index (χ4v) is 1.85. The van der Waals surface area contributed by atoms with Gasteiger partial charge in [-0.05, 0) is 25.3 Å². The number of hydrogen-bond acceptors (Lipinski definition) is 1. The molecule has 0 saturated carbocycles. The maximum atomic E-state index is 11.2. The number of piperidine rings is 1. The second-order valence-corrected chi connectivity index (χ2v) is 3.92. The normalized spacial score (nSPS) is 21.8. The number of rotatable bonds is 1. The summed E-state index contributed by atoms with van der Waals surface area (Å²) in [4.78, 5) is 11.2. The average Bonchev–Trinajstić information content (AvgIpc) is 2.19. The molecule has 2 heteroatoms. The van der Waals surface area contributed by atoms with Crippen LogP contribution >= 0.6 is 0 Å². The number of benzene rings is 1. The summed E-state index contributed by atoms with van der Waals surface area (Å²) in [6.07, 6.45) is 2.75. The summed E-state index contributed by atoms with van der Waals surface area (Å²) in [5.74, 6) is 0.182. The lowest BCUT2D eigenvalue weighted by atomic mass is 9.96. The van der Waals surface area contributed by atoms with Crippen LogP contribution < -0.4 is 5.32 Å². The van der Waals surface area contributed by atoms with Gasteiger partial charge in [0.2, 0.25) is 5.91 Å². The molecule has 0 radical (unpaired) electrons. The van der Waals surface area contributed by atoms with Gasteiger partial charge in [0.15, 0.2) is 0 Å². The summed E-state index contributed by atoms with van der Waals surface area (Å²) in [5, 5.41) is 3.01. The first-order valence-corrected chi connectivity index (χ1v) is 5.11. The molecular weight excluding hydrogens is 174 g/mol. The molecule has 0 aliphatic carbocycles. The number of hydrogen-bond donors (Lipinski definition) is 1. The molecule has 1 saturated heterocycles. The van der Waals surface area contributed by atoms with Crippen LogP contribution in [0.1, 0.15) is 36.4 Å². The second kappa shape index (κ2) is 3.82. The topological polar surface area (TPSA) is 29.1 Å². The fraction of sp³-hybridized carbons (Fsp3) is 0.417. The van der Waals surface area contributed by atoms with Crippen LogP contribution in [0.2, 0.25) is 0 Å². The van der Waals surface area contributed by atoms with Crippen molar-refractivity contribution in [1.82, 2.24) is 5.32 Å². The van der Waals surface area contributed by atoms with Crippen molar-refractivity contribution in [1.29, 1.82) is 0 Å². The first kappa shape index (κ1) is 9.25. The molecule has 1 aliphatic rings. The van der Waals surface area contributed by atoms with Gasteiger partial charge in [-0.25, -0.2) is 0 Å². The van der Waals surface area contributed by atoms with Gasteiger partial charge in [-0.15, -0.1) is 0 Å². The van der Waals surface area contributed by atoms with Crippen LogP contribution in [0.4, 0.5) is 0 Å². The predicted molar refractivity (Wildman–Crippen MR) is 55.9 cm³/mol. The van der Waals surface area contributed by atoms with Crippen LogP contribution in [0.3, 0.4) is 0 Å². The summed E-state index contributed by atoms with van der Waals surface area (Å²) in [7, 11) is 0. The molecule has 14 heavy (non-hydrogen) atoms. The highest BCUT2D eigenvalue weighted by molar-refractivity contribution is 5.77. The van der Waals surface area contributed by atoms with Crippen LogP contribution in [0.15, 0.2) is 24.3 Å². The molecule has 1 N–H and O–H groups in total. The Balaban J connectivity index is 2.14. The van der Waals surface area contributed by atoms with E-state index < -0.39 is 0 Å². The Bertz CT molecular complexity index is 329. The number of aryl methyl sites for hydroxylation is 1. The number of carbonyl (C=O) groups excluding carboxylic acids is 1. The van der Waals surface area contributed by atoms with Crippen molar-refractivity contribution in [2.45, 2.75) is 32.2 Å². The molecule has 1 aliphatic heterocycles. The summed E-state index contributed by atoms with van der Waals surface area (Å²) >= 11 is 0. The maximum Gasteiger partial charge on any atom is 0.220 e. The quantitative estimate of drug-likeness (QED) is 0.721. The van der Waals surface area contributed by atoms with Crippen LogP contribution in [0.5, 0.6) is 0 Å². The highest BCUT2D eigenvalue weighted by Crippen LogP contribution is 2.23. The molecule has 1 fully saturated rings. The zero-order valence-electron chi connectivity index (χ0n) is 8.42. The Labute approximate surface area is 84.3 Å². The van der Waals surface area contributed by atoms with E-state index >= 15 is 0 Å². The number of nitrogens with one attached hydrogen (secondary N) is 1. The minimum absolute atomic E-state index is 0.182. The third-order valence-electron chi connectivity index (χ3n) is 2.71. The van der Waals surface area contributed by atoms with E-state index in [2.05, 4.69) is 36.5 Å². The standard InChI is InChI=1S/C12H15NO/c1-9-5-7-10(8-6-9)11-3-2-4-12(14)13-11/h5-8,11H,2-4H2,1H3,(H,13,14). The summed E-state index contributed by atoms with van der Waals surface area (Å²) in [6.45, 7) is 2.07. The molecule has 1 aromatic carbocycles. The lowest BCUT2D eigenvalue weighted by Crippen LogP contribution is -2.32. The Kier molecular flexibility index (Phi) is 2.53. The zero-order valence-corrected chi connectivity index (χ0v) is 8.42. The first-order valence-electron chi connectivity index (χ1n) is 5.11. The minimum Gasteiger partial charge on any atom is -0.349 e. The van der Waals surface area contributed by atoms with E-state index in [0.717, 1.165) is 12.8 Å². The third-order valence-corrected chi connectivity index (χ3v) is 2.71. The van der Waals surface area contributed by atoms with Gasteiger partial charge in [0.1, 0.15) is 0 Å². The molecular formula is C12H15NO. The maximum absolute atomic E-state index is 11.2. The van der Waals surface area contributed by atoms with E-state index in [1.54, 1.807) is 0 Å². The van der Waals surface area contributed by atoms with Gasteiger partial charge >= 0.3 is 0 Å². The van der Waals surface area contributed by atoms with Crippen molar-refractivity contribution in [2.24, 2.45) is 0 Å². The molecule has 1 aromatic rings. The fourth-order valence-electron chi connectivity index (χ4n) is 1.85. The average molecular weight is 189 g/mol. The highest BCUT2D eigenvalue weighted by atomic mass is 16.1. The van der Waals surface area contributed by atoms with E-state index in [0.29, 0.717) is 6.42 Å². The van der Waals surface area contributed by atoms with Crippen molar-refractivity contribution in [3.8, 4) is 0 Å². The first-order chi connectivity index (χ1) is 6.75. The minimum atomic E-state index is 0.182. The molecule has 1 heterocycles. The molecule has 74 valence electrons. The zero-order chi connectivity index (χ0) is 9.97. The van der Waals surface area contributed by atoms with Gasteiger partial charge in [-0.1, -0.05) is 29.8 Å². The van der Waals surface area contributed by atoms with E-state index in [1.165, 1.54) is 11.1 Å². The van der Waals surface area contributed by atoms with Crippen molar-refractivity contribution in [2.75, 3.05) is 0 Å². The summed E-state index contributed by atoms with van der Waals surface area (Å²) in [5.41, 5.74) is 2.49. The summed E-state index contributed by atoms with van der Waals surface area (Å²) < 4.78 is 0. The molecule has 2 rings (SSSR count). The lowest BCUT2D eigenvalue weighted by molar-refractivity contribution is -0.123. The Morgan fingerprint density at radius 2 is 2.00 bits per heavy atom. The lowest BCUT2D eigenvalue weighted by Gasteiger charge is -2.23. The Morgan fingerprint density at radius 3 is 2.64 bits per heavy atom. The van der Waals surface area contributed by atoms with E-state index in [4.69, 9.17) is 0 Å². The van der Waals surface area contributed by atoms with Crippen LogP contribution in [0.25, 0.3) is 0 Å². The molecule has 0 spiro atoms. The Hall–Kier alpha value is -1.31. The molecule has 0 aromatic heterocycles.